The predicted octanol–water partition coefficient (Wildman–Crippen LogP) is 3.52. The van der Waals surface area contributed by atoms with Gasteiger partial charge in [-0.1, -0.05) is 33.6 Å². The molecule has 1 fully saturated rings. The van der Waals surface area contributed by atoms with Crippen LogP contribution in [0.3, 0.4) is 0 Å². The fourth-order valence-corrected chi connectivity index (χ4v) is 3.80. The molecule has 0 bridgehead atoms. The summed E-state index contributed by atoms with van der Waals surface area (Å²) >= 11 is 0. The Labute approximate surface area is 125 Å². The van der Waals surface area contributed by atoms with Gasteiger partial charge in [-0.25, -0.2) is 0 Å². The molecule has 3 heteroatoms. The second-order valence-corrected chi connectivity index (χ2v) is 6.62. The van der Waals surface area contributed by atoms with Crippen molar-refractivity contribution in [2.75, 3.05) is 26.8 Å². The molecule has 0 saturated heterocycles. The molecule has 20 heavy (non-hydrogen) atoms. The number of carbonyl (C=O) groups excluding carboxylic acids is 1. The van der Waals surface area contributed by atoms with E-state index in [9.17, 15) is 4.79 Å². The van der Waals surface area contributed by atoms with E-state index in [1.54, 1.807) is 7.11 Å². The van der Waals surface area contributed by atoms with Crippen molar-refractivity contribution in [1.82, 2.24) is 4.90 Å². The first-order chi connectivity index (χ1) is 9.60. The number of nitrogens with zero attached hydrogens (tertiary/aromatic N) is 1. The van der Waals surface area contributed by atoms with Crippen LogP contribution in [-0.4, -0.2) is 44.0 Å². The minimum absolute atomic E-state index is 0.117. The van der Waals surface area contributed by atoms with Gasteiger partial charge < -0.3 is 9.53 Å². The van der Waals surface area contributed by atoms with E-state index in [1.165, 1.54) is 19.1 Å². The van der Waals surface area contributed by atoms with Crippen LogP contribution in [-0.2, 0) is 9.53 Å². The molecule has 2 atom stereocenters. The van der Waals surface area contributed by atoms with Gasteiger partial charge in [-0.3, -0.25) is 4.90 Å². The molecule has 0 amide bonds. The van der Waals surface area contributed by atoms with Gasteiger partial charge in [0.05, 0.1) is 6.61 Å². The van der Waals surface area contributed by atoms with Gasteiger partial charge in [-0.2, -0.15) is 0 Å². The molecule has 1 saturated carbocycles. The molecule has 0 aromatic heterocycles. The van der Waals surface area contributed by atoms with Crippen LogP contribution >= 0.6 is 0 Å². The Kier molecular flexibility index (Phi) is 7.75. The molecule has 0 radical (unpaired) electrons. The minimum Gasteiger partial charge on any atom is -0.383 e. The molecule has 0 aromatic rings. The van der Waals surface area contributed by atoms with Gasteiger partial charge >= 0.3 is 0 Å². The molecular weight excluding hydrogens is 250 g/mol. The van der Waals surface area contributed by atoms with Crippen LogP contribution in [0, 0.1) is 11.3 Å². The summed E-state index contributed by atoms with van der Waals surface area (Å²) in [6.07, 6.45) is 8.13. The Bertz CT molecular complexity index is 278. The Hall–Kier alpha value is -0.410. The van der Waals surface area contributed by atoms with Crippen molar-refractivity contribution in [3.8, 4) is 0 Å². The number of hydrogen-bond acceptors (Lipinski definition) is 3. The van der Waals surface area contributed by atoms with E-state index in [0.717, 1.165) is 45.4 Å². The first-order valence-corrected chi connectivity index (χ1v) is 8.30. The van der Waals surface area contributed by atoms with Gasteiger partial charge in [-0.15, -0.1) is 0 Å². The van der Waals surface area contributed by atoms with E-state index in [4.69, 9.17) is 4.74 Å². The summed E-state index contributed by atoms with van der Waals surface area (Å²) in [7, 11) is 1.75. The summed E-state index contributed by atoms with van der Waals surface area (Å²) in [4.78, 5) is 14.3. The highest BCUT2D eigenvalue weighted by atomic mass is 16.5. The summed E-state index contributed by atoms with van der Waals surface area (Å²) in [6.45, 7) is 9.37. The monoisotopic (exact) mass is 283 g/mol. The van der Waals surface area contributed by atoms with E-state index in [0.29, 0.717) is 12.0 Å². The molecule has 1 aliphatic carbocycles. The van der Waals surface area contributed by atoms with Crippen molar-refractivity contribution in [1.29, 1.82) is 0 Å². The quantitative estimate of drug-likeness (QED) is 0.606. The van der Waals surface area contributed by atoms with E-state index >= 15 is 0 Å². The topological polar surface area (TPSA) is 29.5 Å². The lowest BCUT2D eigenvalue weighted by Gasteiger charge is -2.42. The normalized spacial score (nSPS) is 27.2. The molecule has 0 heterocycles. The zero-order valence-corrected chi connectivity index (χ0v) is 13.9. The van der Waals surface area contributed by atoms with E-state index in [-0.39, 0.29) is 5.41 Å². The summed E-state index contributed by atoms with van der Waals surface area (Å²) < 4.78 is 5.26. The Balaban J connectivity index is 2.76. The van der Waals surface area contributed by atoms with Crippen molar-refractivity contribution in [2.24, 2.45) is 11.3 Å². The van der Waals surface area contributed by atoms with Gasteiger partial charge in [0.15, 0.2) is 0 Å². The Morgan fingerprint density at radius 2 is 2.10 bits per heavy atom. The molecule has 1 aliphatic rings. The third-order valence-corrected chi connectivity index (χ3v) is 4.94. The van der Waals surface area contributed by atoms with Crippen LogP contribution in [0.4, 0.5) is 0 Å². The van der Waals surface area contributed by atoms with Crippen LogP contribution in [0.15, 0.2) is 0 Å². The number of methoxy groups -OCH3 is 1. The number of hydrogen-bond donors (Lipinski definition) is 0. The average Bonchev–Trinajstić information content (AvgIpc) is 2.45. The highest BCUT2D eigenvalue weighted by Crippen LogP contribution is 2.39. The molecular formula is C17H33NO2. The number of rotatable bonds is 9. The SMILES string of the molecule is CCC(CC)N(CCOC)CC1(C=O)CCCC(C)C1. The third kappa shape index (κ3) is 4.85. The molecule has 0 spiro atoms. The summed E-state index contributed by atoms with van der Waals surface area (Å²) in [6, 6.07) is 0.569. The second kappa shape index (κ2) is 8.78. The van der Waals surface area contributed by atoms with Crippen LogP contribution in [0.5, 0.6) is 0 Å². The predicted molar refractivity (Wildman–Crippen MR) is 83.9 cm³/mol. The lowest BCUT2D eigenvalue weighted by atomic mass is 9.70. The van der Waals surface area contributed by atoms with Crippen LogP contribution in [0.25, 0.3) is 0 Å². The first kappa shape index (κ1) is 17.6. The zero-order chi connectivity index (χ0) is 15.0. The smallest absolute Gasteiger partial charge is 0.127 e. The maximum absolute atomic E-state index is 11.8. The number of aldehydes is 1. The number of carbonyl (C=O) groups is 1. The molecule has 0 N–H and O–H groups in total. The molecule has 0 aromatic carbocycles. The zero-order valence-electron chi connectivity index (χ0n) is 13.9. The third-order valence-electron chi connectivity index (χ3n) is 4.94. The molecule has 0 aliphatic heterocycles. The maximum Gasteiger partial charge on any atom is 0.127 e. The van der Waals surface area contributed by atoms with Gasteiger partial charge in [-0.05, 0) is 31.6 Å². The summed E-state index contributed by atoms with van der Waals surface area (Å²) in [5.41, 5.74) is -0.117. The molecule has 2 unspecified atom stereocenters. The Morgan fingerprint density at radius 1 is 1.40 bits per heavy atom. The van der Waals surface area contributed by atoms with Crippen molar-refractivity contribution >= 4 is 6.29 Å². The lowest BCUT2D eigenvalue weighted by Crippen LogP contribution is -2.47. The van der Waals surface area contributed by atoms with Gasteiger partial charge in [0.1, 0.15) is 6.29 Å². The van der Waals surface area contributed by atoms with Crippen molar-refractivity contribution in [3.63, 3.8) is 0 Å². The van der Waals surface area contributed by atoms with E-state index in [1.807, 2.05) is 0 Å². The van der Waals surface area contributed by atoms with Gasteiger partial charge in [0.25, 0.3) is 0 Å². The summed E-state index contributed by atoms with van der Waals surface area (Å²) in [5.74, 6) is 0.680. The molecule has 1 rings (SSSR count). The Morgan fingerprint density at radius 3 is 2.60 bits per heavy atom. The molecule has 3 nitrogen and oxygen atoms in total. The lowest BCUT2D eigenvalue weighted by molar-refractivity contribution is -0.120. The highest BCUT2D eigenvalue weighted by molar-refractivity contribution is 5.60. The van der Waals surface area contributed by atoms with Crippen LogP contribution in [0.2, 0.25) is 0 Å². The largest absolute Gasteiger partial charge is 0.383 e. The van der Waals surface area contributed by atoms with Crippen molar-refractivity contribution < 1.29 is 9.53 Å². The molecule has 118 valence electrons. The maximum atomic E-state index is 11.8. The number of ether oxygens (including phenoxy) is 1. The fraction of sp³-hybridized carbons (Fsp3) is 0.941. The van der Waals surface area contributed by atoms with Crippen LogP contribution < -0.4 is 0 Å². The van der Waals surface area contributed by atoms with E-state index < -0.39 is 0 Å². The van der Waals surface area contributed by atoms with Crippen molar-refractivity contribution in [2.45, 2.75) is 65.3 Å². The first-order valence-electron chi connectivity index (χ1n) is 8.30. The standard InChI is InChI=1S/C17H33NO2/c1-5-16(6-2)18(10-11-20-4)13-17(14-19)9-7-8-15(3)12-17/h14-16H,5-13H2,1-4H3. The summed E-state index contributed by atoms with van der Waals surface area (Å²) in [5, 5.41) is 0. The van der Waals surface area contributed by atoms with E-state index in [2.05, 4.69) is 25.7 Å². The highest BCUT2D eigenvalue weighted by Gasteiger charge is 2.37. The minimum atomic E-state index is -0.117. The fourth-order valence-electron chi connectivity index (χ4n) is 3.80. The second-order valence-electron chi connectivity index (χ2n) is 6.62. The van der Waals surface area contributed by atoms with Gasteiger partial charge in [0.2, 0.25) is 0 Å². The van der Waals surface area contributed by atoms with Crippen molar-refractivity contribution in [3.05, 3.63) is 0 Å². The van der Waals surface area contributed by atoms with Gasteiger partial charge in [0, 0.05) is 31.7 Å². The average molecular weight is 283 g/mol. The van der Waals surface area contributed by atoms with Crippen LogP contribution in [0.1, 0.15) is 59.3 Å².